The lowest BCUT2D eigenvalue weighted by Crippen LogP contribution is -2.29. The first-order valence-electron chi connectivity index (χ1n) is 10.6. The Morgan fingerprint density at radius 2 is 1.56 bits per heavy atom. The summed E-state index contributed by atoms with van der Waals surface area (Å²) >= 11 is 12.2. The van der Waals surface area contributed by atoms with Crippen LogP contribution in [0.1, 0.15) is 43.5 Å². The van der Waals surface area contributed by atoms with Crippen LogP contribution in [0, 0.1) is 0 Å². The molecule has 1 aliphatic heterocycles. The third-order valence-corrected chi connectivity index (χ3v) is 6.30. The third kappa shape index (κ3) is 4.29. The number of halogens is 2. The molecule has 1 amide bonds. The summed E-state index contributed by atoms with van der Waals surface area (Å²) in [5.41, 5.74) is 1.83. The lowest BCUT2D eigenvalue weighted by Gasteiger charge is -2.27. The molecule has 1 aliphatic rings. The predicted octanol–water partition coefficient (Wildman–Crippen LogP) is 6.62. The summed E-state index contributed by atoms with van der Waals surface area (Å²) in [5.74, 6) is -2.33. The topological polar surface area (TPSA) is 77.8 Å². The standard InChI is InChI=1S/C27H23Cl2NO4/c1-27(2,3)17-9-7-15(8-10-17)23-22(24(32)16-5-4-6-18(28)13-16)25(33)26(34)30(23)20-14-19(29)11-12-21(20)31/h4-14,23,31-32H,1-3H3/b24-22+. The smallest absolute Gasteiger partial charge is 0.300 e. The largest absolute Gasteiger partial charge is 0.507 e. The molecule has 5 nitrogen and oxygen atoms in total. The fraction of sp³-hybridized carbons (Fsp3) is 0.185. The Morgan fingerprint density at radius 1 is 0.912 bits per heavy atom. The van der Waals surface area contributed by atoms with Crippen molar-refractivity contribution in [1.82, 2.24) is 0 Å². The van der Waals surface area contributed by atoms with Crippen molar-refractivity contribution >= 4 is 46.3 Å². The van der Waals surface area contributed by atoms with Gasteiger partial charge in [-0.2, -0.15) is 0 Å². The molecule has 34 heavy (non-hydrogen) atoms. The van der Waals surface area contributed by atoms with E-state index in [1.54, 1.807) is 18.2 Å². The van der Waals surface area contributed by atoms with Crippen LogP contribution < -0.4 is 4.90 Å². The number of nitrogens with zero attached hydrogens (tertiary/aromatic N) is 1. The van der Waals surface area contributed by atoms with E-state index in [0.29, 0.717) is 16.1 Å². The molecular formula is C27H23Cl2NO4. The quantitative estimate of drug-likeness (QED) is 0.243. The van der Waals surface area contributed by atoms with E-state index in [4.69, 9.17) is 23.2 Å². The van der Waals surface area contributed by atoms with E-state index in [1.165, 1.54) is 29.2 Å². The number of carbonyl (C=O) groups is 2. The molecule has 1 fully saturated rings. The number of ketones is 1. The molecule has 4 rings (SSSR count). The number of rotatable bonds is 3. The molecule has 0 saturated carbocycles. The van der Waals surface area contributed by atoms with Gasteiger partial charge in [0, 0.05) is 15.6 Å². The van der Waals surface area contributed by atoms with Crippen molar-refractivity contribution in [2.45, 2.75) is 32.2 Å². The molecule has 1 heterocycles. The van der Waals surface area contributed by atoms with Crippen LogP contribution in [0.2, 0.25) is 10.0 Å². The van der Waals surface area contributed by atoms with Crippen LogP contribution in [0.5, 0.6) is 5.75 Å². The third-order valence-electron chi connectivity index (χ3n) is 5.83. The molecule has 2 N–H and O–H groups in total. The molecule has 0 aromatic heterocycles. The minimum absolute atomic E-state index is 0.0737. The molecule has 0 radical (unpaired) electrons. The van der Waals surface area contributed by atoms with E-state index in [0.717, 1.165) is 5.56 Å². The van der Waals surface area contributed by atoms with Crippen molar-refractivity contribution in [2.75, 3.05) is 4.90 Å². The van der Waals surface area contributed by atoms with Crippen molar-refractivity contribution < 1.29 is 19.8 Å². The molecule has 1 unspecified atom stereocenters. The number of amides is 1. The van der Waals surface area contributed by atoms with E-state index < -0.39 is 17.7 Å². The number of anilines is 1. The van der Waals surface area contributed by atoms with Crippen molar-refractivity contribution in [2.24, 2.45) is 0 Å². The summed E-state index contributed by atoms with van der Waals surface area (Å²) in [6.07, 6.45) is 0. The predicted molar refractivity (Wildman–Crippen MR) is 134 cm³/mol. The molecule has 7 heteroatoms. The number of Topliss-reactive ketones (excluding diaryl/α,β-unsaturated/α-hetero) is 1. The molecule has 3 aromatic carbocycles. The van der Waals surface area contributed by atoms with Crippen molar-refractivity contribution in [1.29, 1.82) is 0 Å². The number of benzene rings is 3. The maximum Gasteiger partial charge on any atom is 0.300 e. The highest BCUT2D eigenvalue weighted by molar-refractivity contribution is 6.52. The van der Waals surface area contributed by atoms with Crippen LogP contribution in [0.4, 0.5) is 5.69 Å². The fourth-order valence-corrected chi connectivity index (χ4v) is 4.40. The first kappa shape index (κ1) is 23.9. The SMILES string of the molecule is CC(C)(C)c1ccc(C2/C(=C(\O)c3cccc(Cl)c3)C(=O)C(=O)N2c2cc(Cl)ccc2O)cc1. The molecule has 3 aromatic rings. The Balaban J connectivity index is 1.97. The number of aromatic hydroxyl groups is 1. The van der Waals surface area contributed by atoms with Gasteiger partial charge < -0.3 is 10.2 Å². The lowest BCUT2D eigenvalue weighted by atomic mass is 9.85. The van der Waals surface area contributed by atoms with E-state index in [-0.39, 0.29) is 33.2 Å². The van der Waals surface area contributed by atoms with Gasteiger partial charge in [-0.25, -0.2) is 0 Å². The van der Waals surface area contributed by atoms with Crippen LogP contribution >= 0.6 is 23.2 Å². The first-order chi connectivity index (χ1) is 16.0. The zero-order valence-corrected chi connectivity index (χ0v) is 20.4. The zero-order chi connectivity index (χ0) is 24.8. The maximum atomic E-state index is 13.2. The average molecular weight is 496 g/mol. The summed E-state index contributed by atoms with van der Waals surface area (Å²) < 4.78 is 0. The van der Waals surface area contributed by atoms with Gasteiger partial charge in [0.2, 0.25) is 0 Å². The Hall–Kier alpha value is -3.28. The number of aliphatic hydroxyl groups is 1. The molecule has 0 bridgehead atoms. The Kier molecular flexibility index (Phi) is 6.19. The van der Waals surface area contributed by atoms with Gasteiger partial charge in [-0.15, -0.1) is 0 Å². The lowest BCUT2D eigenvalue weighted by molar-refractivity contribution is -0.132. The highest BCUT2D eigenvalue weighted by Crippen LogP contribution is 2.45. The molecule has 0 aliphatic carbocycles. The van der Waals surface area contributed by atoms with Gasteiger partial charge in [0.05, 0.1) is 17.3 Å². The van der Waals surface area contributed by atoms with Gasteiger partial charge in [0.25, 0.3) is 11.7 Å². The minimum Gasteiger partial charge on any atom is -0.507 e. The Bertz CT molecular complexity index is 1320. The van der Waals surface area contributed by atoms with Gasteiger partial charge in [0.1, 0.15) is 11.5 Å². The van der Waals surface area contributed by atoms with Crippen LogP contribution in [0.3, 0.4) is 0 Å². The molecule has 174 valence electrons. The van der Waals surface area contributed by atoms with Crippen molar-refractivity contribution in [3.05, 3.63) is 99.0 Å². The molecule has 0 spiro atoms. The Labute approximate surface area is 207 Å². The Morgan fingerprint density at radius 3 is 2.18 bits per heavy atom. The number of phenols is 1. The van der Waals surface area contributed by atoms with Gasteiger partial charge >= 0.3 is 0 Å². The number of carbonyl (C=O) groups excluding carboxylic acids is 2. The van der Waals surface area contributed by atoms with Crippen LogP contribution in [-0.2, 0) is 15.0 Å². The average Bonchev–Trinajstić information content (AvgIpc) is 3.05. The maximum absolute atomic E-state index is 13.2. The summed E-state index contributed by atoms with van der Waals surface area (Å²) in [6, 6.07) is 17.1. The minimum atomic E-state index is -0.989. The van der Waals surface area contributed by atoms with E-state index in [2.05, 4.69) is 20.8 Å². The monoisotopic (exact) mass is 495 g/mol. The van der Waals surface area contributed by atoms with Crippen molar-refractivity contribution in [3.8, 4) is 5.75 Å². The van der Waals surface area contributed by atoms with Gasteiger partial charge in [0.15, 0.2) is 0 Å². The van der Waals surface area contributed by atoms with Gasteiger partial charge in [-0.05, 0) is 46.9 Å². The normalized spacial score (nSPS) is 17.9. The van der Waals surface area contributed by atoms with Crippen LogP contribution in [0.25, 0.3) is 5.76 Å². The number of hydrogen-bond acceptors (Lipinski definition) is 4. The van der Waals surface area contributed by atoms with Crippen LogP contribution in [0.15, 0.2) is 72.3 Å². The highest BCUT2D eigenvalue weighted by atomic mass is 35.5. The summed E-state index contributed by atoms with van der Waals surface area (Å²) in [6.45, 7) is 6.24. The molecule has 1 atom stereocenters. The second kappa shape index (κ2) is 8.82. The molecular weight excluding hydrogens is 473 g/mol. The van der Waals surface area contributed by atoms with Crippen molar-refractivity contribution in [3.63, 3.8) is 0 Å². The van der Waals surface area contributed by atoms with E-state index in [1.807, 2.05) is 24.3 Å². The number of aliphatic hydroxyl groups excluding tert-OH is 1. The zero-order valence-electron chi connectivity index (χ0n) is 18.8. The second-order valence-corrected chi connectivity index (χ2v) is 10.1. The summed E-state index contributed by atoms with van der Waals surface area (Å²) in [7, 11) is 0. The summed E-state index contributed by atoms with van der Waals surface area (Å²) in [5, 5.41) is 22.4. The first-order valence-corrected chi connectivity index (χ1v) is 11.4. The van der Waals surface area contributed by atoms with E-state index >= 15 is 0 Å². The summed E-state index contributed by atoms with van der Waals surface area (Å²) in [4.78, 5) is 27.7. The van der Waals surface area contributed by atoms with Gasteiger partial charge in [-0.3, -0.25) is 14.5 Å². The number of hydrogen-bond donors (Lipinski definition) is 2. The van der Waals surface area contributed by atoms with Crippen LogP contribution in [-0.4, -0.2) is 21.9 Å². The van der Waals surface area contributed by atoms with E-state index in [9.17, 15) is 19.8 Å². The fourth-order valence-electron chi connectivity index (χ4n) is 4.04. The van der Waals surface area contributed by atoms with Gasteiger partial charge in [-0.1, -0.05) is 80.4 Å². The molecule has 1 saturated heterocycles. The number of phenolic OH excluding ortho intramolecular Hbond substituents is 1. The second-order valence-electron chi connectivity index (χ2n) is 9.18. The highest BCUT2D eigenvalue weighted by Gasteiger charge is 2.47.